The second kappa shape index (κ2) is 6.10. The molecule has 2 fully saturated rings. The van der Waals surface area contributed by atoms with Gasteiger partial charge in [-0.15, -0.1) is 0 Å². The van der Waals surface area contributed by atoms with Gasteiger partial charge in [0.1, 0.15) is 0 Å². The summed E-state index contributed by atoms with van der Waals surface area (Å²) in [6.45, 7) is 2.26. The van der Waals surface area contributed by atoms with Crippen LogP contribution in [0.2, 0.25) is 0 Å². The smallest absolute Gasteiger partial charge is 0.243 e. The summed E-state index contributed by atoms with van der Waals surface area (Å²) in [6.07, 6.45) is 3.90. The van der Waals surface area contributed by atoms with E-state index in [2.05, 4.69) is 0 Å². The largest absolute Gasteiger partial charge is 0.375 e. The highest BCUT2D eigenvalue weighted by atomic mass is 32.2. The van der Waals surface area contributed by atoms with Gasteiger partial charge in [0.25, 0.3) is 0 Å². The molecule has 0 N–H and O–H groups in total. The molecule has 1 saturated heterocycles. The second-order valence-corrected chi connectivity index (χ2v) is 7.85. The van der Waals surface area contributed by atoms with Crippen LogP contribution in [0.15, 0.2) is 29.2 Å². The maximum atomic E-state index is 13.0. The first-order valence-corrected chi connectivity index (χ1v) is 9.18. The third-order valence-corrected chi connectivity index (χ3v) is 6.45. The lowest BCUT2D eigenvalue weighted by Crippen LogP contribution is -2.54. The third-order valence-electron chi connectivity index (χ3n) is 4.53. The Labute approximate surface area is 131 Å². The number of Topliss-reactive ketones (excluding diaryl/α,β-unsaturated/α-hetero) is 1. The van der Waals surface area contributed by atoms with Crippen molar-refractivity contribution in [1.82, 2.24) is 4.31 Å². The van der Waals surface area contributed by atoms with Crippen LogP contribution in [0.4, 0.5) is 0 Å². The van der Waals surface area contributed by atoms with E-state index in [-0.39, 0.29) is 22.8 Å². The number of nitrogens with zero attached hydrogens (tertiary/aromatic N) is 1. The molecule has 1 saturated carbocycles. The normalized spacial score (nSPS) is 26.4. The van der Waals surface area contributed by atoms with Crippen LogP contribution < -0.4 is 0 Å². The van der Waals surface area contributed by atoms with Crippen molar-refractivity contribution in [2.24, 2.45) is 0 Å². The third kappa shape index (κ3) is 2.83. The molecule has 1 heterocycles. The highest BCUT2D eigenvalue weighted by molar-refractivity contribution is 7.89. The molecule has 1 aromatic carbocycles. The standard InChI is InChI=1S/C16H21NO4S/c1-12(18)13-5-4-6-14(11-13)22(19,20)17-9-10-21-16-8-3-2-7-15(16)17/h4-6,11,15-16H,2-3,7-10H2,1H3/t15-,16-/m1/s1. The van der Waals surface area contributed by atoms with Crippen molar-refractivity contribution < 1.29 is 17.9 Å². The fraction of sp³-hybridized carbons (Fsp3) is 0.562. The van der Waals surface area contributed by atoms with Gasteiger partial charge in [0.15, 0.2) is 5.78 Å². The van der Waals surface area contributed by atoms with Crippen molar-refractivity contribution in [2.75, 3.05) is 13.2 Å². The molecule has 1 aliphatic carbocycles. The zero-order valence-electron chi connectivity index (χ0n) is 12.7. The van der Waals surface area contributed by atoms with E-state index in [9.17, 15) is 13.2 Å². The lowest BCUT2D eigenvalue weighted by molar-refractivity contribution is -0.0586. The zero-order valence-corrected chi connectivity index (χ0v) is 13.5. The molecule has 2 aliphatic rings. The maximum absolute atomic E-state index is 13.0. The number of sulfonamides is 1. The Hall–Kier alpha value is -1.24. The summed E-state index contributed by atoms with van der Waals surface area (Å²) >= 11 is 0. The van der Waals surface area contributed by atoms with E-state index in [1.807, 2.05) is 0 Å². The number of fused-ring (bicyclic) bond motifs is 1. The zero-order chi connectivity index (χ0) is 15.7. The SMILES string of the molecule is CC(=O)c1cccc(S(=O)(=O)N2CCO[C@@H]3CCCC[C@H]32)c1. The minimum atomic E-state index is -3.59. The monoisotopic (exact) mass is 323 g/mol. The van der Waals surface area contributed by atoms with E-state index in [1.54, 1.807) is 22.5 Å². The fourth-order valence-corrected chi connectivity index (χ4v) is 5.08. The summed E-state index contributed by atoms with van der Waals surface area (Å²) in [4.78, 5) is 11.7. The summed E-state index contributed by atoms with van der Waals surface area (Å²) in [5.74, 6) is -0.130. The summed E-state index contributed by atoms with van der Waals surface area (Å²) in [5, 5.41) is 0. The molecule has 1 aliphatic heterocycles. The predicted molar refractivity (Wildman–Crippen MR) is 82.3 cm³/mol. The van der Waals surface area contributed by atoms with Gasteiger partial charge in [0.2, 0.25) is 10.0 Å². The average Bonchev–Trinajstić information content (AvgIpc) is 2.54. The summed E-state index contributed by atoms with van der Waals surface area (Å²) in [5.41, 5.74) is 0.425. The molecule has 2 atom stereocenters. The van der Waals surface area contributed by atoms with Crippen molar-refractivity contribution in [3.05, 3.63) is 29.8 Å². The highest BCUT2D eigenvalue weighted by Gasteiger charge is 2.40. The van der Waals surface area contributed by atoms with Crippen LogP contribution in [-0.2, 0) is 14.8 Å². The molecule has 0 aromatic heterocycles. The van der Waals surface area contributed by atoms with Crippen molar-refractivity contribution in [2.45, 2.75) is 49.6 Å². The van der Waals surface area contributed by atoms with Crippen molar-refractivity contribution >= 4 is 15.8 Å². The molecule has 120 valence electrons. The van der Waals surface area contributed by atoms with Crippen LogP contribution >= 0.6 is 0 Å². The Bertz CT molecular complexity index is 668. The van der Waals surface area contributed by atoms with E-state index in [0.717, 1.165) is 25.7 Å². The summed E-state index contributed by atoms with van der Waals surface area (Å²) < 4.78 is 33.3. The van der Waals surface area contributed by atoms with E-state index >= 15 is 0 Å². The Morgan fingerprint density at radius 2 is 2.05 bits per heavy atom. The molecule has 0 bridgehead atoms. The molecular weight excluding hydrogens is 302 g/mol. The van der Waals surface area contributed by atoms with Crippen molar-refractivity contribution in [3.8, 4) is 0 Å². The molecule has 3 rings (SSSR count). The van der Waals surface area contributed by atoms with Crippen LogP contribution in [-0.4, -0.2) is 43.8 Å². The first kappa shape index (κ1) is 15.6. The van der Waals surface area contributed by atoms with Gasteiger partial charge < -0.3 is 4.74 Å². The number of benzene rings is 1. The van der Waals surface area contributed by atoms with Crippen LogP contribution in [0.1, 0.15) is 43.0 Å². The quantitative estimate of drug-likeness (QED) is 0.800. The topological polar surface area (TPSA) is 63.7 Å². The molecule has 0 amide bonds. The van der Waals surface area contributed by atoms with Crippen molar-refractivity contribution in [3.63, 3.8) is 0 Å². The van der Waals surface area contributed by atoms with Gasteiger partial charge in [-0.25, -0.2) is 8.42 Å². The minimum absolute atomic E-state index is 0.00765. The lowest BCUT2D eigenvalue weighted by atomic mass is 9.91. The Kier molecular flexibility index (Phi) is 4.34. The number of carbonyl (C=O) groups excluding carboxylic acids is 1. The molecule has 0 spiro atoms. The number of morpholine rings is 1. The Morgan fingerprint density at radius 3 is 2.82 bits per heavy atom. The molecule has 0 radical (unpaired) electrons. The molecule has 5 nitrogen and oxygen atoms in total. The van der Waals surface area contributed by atoms with E-state index in [4.69, 9.17) is 4.74 Å². The van der Waals surface area contributed by atoms with Gasteiger partial charge in [0.05, 0.1) is 23.6 Å². The minimum Gasteiger partial charge on any atom is -0.375 e. The van der Waals surface area contributed by atoms with Gasteiger partial charge >= 0.3 is 0 Å². The van der Waals surface area contributed by atoms with Crippen LogP contribution in [0.3, 0.4) is 0 Å². The number of ketones is 1. The number of rotatable bonds is 3. The van der Waals surface area contributed by atoms with Crippen LogP contribution in [0.5, 0.6) is 0 Å². The number of hydrogen-bond donors (Lipinski definition) is 0. The maximum Gasteiger partial charge on any atom is 0.243 e. The summed E-state index contributed by atoms with van der Waals surface area (Å²) in [6, 6.07) is 6.24. The van der Waals surface area contributed by atoms with E-state index in [1.165, 1.54) is 13.0 Å². The van der Waals surface area contributed by atoms with E-state index in [0.29, 0.717) is 18.7 Å². The molecular formula is C16H21NO4S. The molecule has 22 heavy (non-hydrogen) atoms. The van der Waals surface area contributed by atoms with Gasteiger partial charge in [-0.1, -0.05) is 25.0 Å². The van der Waals surface area contributed by atoms with Crippen LogP contribution in [0.25, 0.3) is 0 Å². The van der Waals surface area contributed by atoms with Crippen molar-refractivity contribution in [1.29, 1.82) is 0 Å². The summed E-state index contributed by atoms with van der Waals surface area (Å²) in [7, 11) is -3.59. The fourth-order valence-electron chi connectivity index (χ4n) is 3.37. The molecule has 0 unspecified atom stereocenters. The lowest BCUT2D eigenvalue weighted by Gasteiger charge is -2.42. The van der Waals surface area contributed by atoms with Crippen LogP contribution in [0, 0.1) is 0 Å². The molecule has 1 aromatic rings. The number of hydrogen-bond acceptors (Lipinski definition) is 4. The predicted octanol–water partition coefficient (Wildman–Crippen LogP) is 2.22. The Balaban J connectivity index is 1.94. The van der Waals surface area contributed by atoms with Gasteiger partial charge in [-0.05, 0) is 31.9 Å². The van der Waals surface area contributed by atoms with Gasteiger partial charge in [-0.2, -0.15) is 4.31 Å². The van der Waals surface area contributed by atoms with Gasteiger partial charge in [-0.3, -0.25) is 4.79 Å². The Morgan fingerprint density at radius 1 is 1.27 bits per heavy atom. The first-order chi connectivity index (χ1) is 10.5. The first-order valence-electron chi connectivity index (χ1n) is 7.74. The molecule has 6 heteroatoms. The average molecular weight is 323 g/mol. The number of ether oxygens (including phenoxy) is 1. The second-order valence-electron chi connectivity index (χ2n) is 5.96. The van der Waals surface area contributed by atoms with Gasteiger partial charge in [0, 0.05) is 12.1 Å². The number of carbonyl (C=O) groups is 1. The highest BCUT2D eigenvalue weighted by Crippen LogP contribution is 2.32. The van der Waals surface area contributed by atoms with E-state index < -0.39 is 10.0 Å².